The van der Waals surface area contributed by atoms with Gasteiger partial charge in [-0.3, -0.25) is 4.79 Å². The largest absolute Gasteiger partial charge is 0.497 e. The van der Waals surface area contributed by atoms with E-state index in [0.29, 0.717) is 11.1 Å². The quantitative estimate of drug-likeness (QED) is 0.854. The number of nitrogens with two attached hydrogens (primary N) is 1. The van der Waals surface area contributed by atoms with E-state index in [-0.39, 0.29) is 11.8 Å². The molecule has 2 rings (SSSR count). The van der Waals surface area contributed by atoms with Crippen LogP contribution in [-0.4, -0.2) is 12.9 Å². The van der Waals surface area contributed by atoms with Crippen LogP contribution in [0.4, 0.5) is 0 Å². The monoisotopic (exact) mass is 255 g/mol. The Labute approximate surface area is 113 Å². The summed E-state index contributed by atoms with van der Waals surface area (Å²) in [5.74, 6) is 0.715. The van der Waals surface area contributed by atoms with Crippen molar-refractivity contribution < 1.29 is 9.53 Å². The number of rotatable bonds is 4. The third-order valence-electron chi connectivity index (χ3n) is 3.05. The van der Waals surface area contributed by atoms with Crippen molar-refractivity contribution in [2.45, 2.75) is 13.0 Å². The molecule has 0 fully saturated rings. The predicted octanol–water partition coefficient (Wildman–Crippen LogP) is 2.95. The summed E-state index contributed by atoms with van der Waals surface area (Å²) in [6.45, 7) is 1.88. The summed E-state index contributed by atoms with van der Waals surface area (Å²) >= 11 is 0. The van der Waals surface area contributed by atoms with Crippen LogP contribution in [0.3, 0.4) is 0 Å². The Kier molecular flexibility index (Phi) is 3.97. The maximum absolute atomic E-state index is 12.5. The fraction of sp³-hybridized carbons (Fsp3) is 0.188. The minimum atomic E-state index is -0.168. The van der Waals surface area contributed by atoms with Crippen molar-refractivity contribution >= 4 is 5.78 Å². The molecular weight excluding hydrogens is 238 g/mol. The zero-order valence-electron chi connectivity index (χ0n) is 11.1. The Morgan fingerprint density at radius 3 is 2.32 bits per heavy atom. The molecule has 0 heterocycles. The summed E-state index contributed by atoms with van der Waals surface area (Å²) in [5, 5.41) is 0. The Balaban J connectivity index is 2.38. The minimum absolute atomic E-state index is 0.0180. The van der Waals surface area contributed by atoms with Crippen LogP contribution >= 0.6 is 0 Å². The number of hydrogen-bond acceptors (Lipinski definition) is 3. The van der Waals surface area contributed by atoms with Crippen LogP contribution in [0.2, 0.25) is 0 Å². The molecule has 0 spiro atoms. The molecule has 3 heteroatoms. The van der Waals surface area contributed by atoms with E-state index in [9.17, 15) is 4.79 Å². The van der Waals surface area contributed by atoms with E-state index in [4.69, 9.17) is 10.5 Å². The van der Waals surface area contributed by atoms with E-state index in [0.717, 1.165) is 11.3 Å². The van der Waals surface area contributed by atoms with E-state index in [1.54, 1.807) is 31.4 Å². The molecule has 2 aromatic carbocycles. The summed E-state index contributed by atoms with van der Waals surface area (Å²) in [6, 6.07) is 14.4. The lowest BCUT2D eigenvalue weighted by atomic mass is 9.95. The van der Waals surface area contributed by atoms with Crippen LogP contribution < -0.4 is 10.5 Å². The molecule has 0 saturated heterocycles. The van der Waals surface area contributed by atoms with Gasteiger partial charge in [-0.1, -0.05) is 24.3 Å². The molecule has 0 amide bonds. The van der Waals surface area contributed by atoms with Crippen molar-refractivity contribution in [3.8, 4) is 5.75 Å². The van der Waals surface area contributed by atoms with Crippen molar-refractivity contribution in [3.63, 3.8) is 0 Å². The number of hydrogen-bond donors (Lipinski definition) is 1. The van der Waals surface area contributed by atoms with Gasteiger partial charge >= 0.3 is 0 Å². The minimum Gasteiger partial charge on any atom is -0.497 e. The van der Waals surface area contributed by atoms with Crippen molar-refractivity contribution in [3.05, 3.63) is 65.2 Å². The number of carbonyl (C=O) groups is 1. The summed E-state index contributed by atoms with van der Waals surface area (Å²) in [4.78, 5) is 12.5. The zero-order valence-corrected chi connectivity index (χ0v) is 11.1. The summed E-state index contributed by atoms with van der Waals surface area (Å²) < 4.78 is 5.09. The highest BCUT2D eigenvalue weighted by atomic mass is 16.5. The fourth-order valence-electron chi connectivity index (χ4n) is 2.00. The van der Waals surface area contributed by atoms with Crippen LogP contribution in [0, 0.1) is 0 Å². The number of ether oxygens (including phenoxy) is 1. The van der Waals surface area contributed by atoms with E-state index in [2.05, 4.69) is 0 Å². The molecule has 0 aliphatic carbocycles. The second-order valence-electron chi connectivity index (χ2n) is 4.43. The van der Waals surface area contributed by atoms with Gasteiger partial charge in [0.05, 0.1) is 7.11 Å². The molecule has 2 N–H and O–H groups in total. The zero-order chi connectivity index (χ0) is 13.8. The average Bonchev–Trinajstić information content (AvgIpc) is 2.46. The summed E-state index contributed by atoms with van der Waals surface area (Å²) in [5.41, 5.74) is 8.06. The van der Waals surface area contributed by atoms with Gasteiger partial charge in [-0.25, -0.2) is 0 Å². The molecule has 0 bridgehead atoms. The molecule has 0 aliphatic rings. The summed E-state index contributed by atoms with van der Waals surface area (Å²) in [7, 11) is 1.60. The van der Waals surface area contributed by atoms with Gasteiger partial charge < -0.3 is 10.5 Å². The fourth-order valence-corrected chi connectivity index (χ4v) is 2.00. The predicted molar refractivity (Wildman–Crippen MR) is 75.5 cm³/mol. The highest BCUT2D eigenvalue weighted by Crippen LogP contribution is 2.20. The van der Waals surface area contributed by atoms with Gasteiger partial charge in [0.15, 0.2) is 5.78 Å². The van der Waals surface area contributed by atoms with Crippen molar-refractivity contribution in [2.24, 2.45) is 5.73 Å². The first-order valence-corrected chi connectivity index (χ1v) is 6.16. The SMILES string of the molecule is COc1ccc(C(=O)c2ccccc2[C@@H](C)N)cc1. The lowest BCUT2D eigenvalue weighted by Crippen LogP contribution is -2.12. The second-order valence-corrected chi connectivity index (χ2v) is 4.43. The molecule has 2 aromatic rings. The van der Waals surface area contributed by atoms with Gasteiger partial charge in [0, 0.05) is 17.2 Å². The molecule has 0 aromatic heterocycles. The van der Waals surface area contributed by atoms with Gasteiger partial charge in [0.2, 0.25) is 0 Å². The van der Waals surface area contributed by atoms with Crippen molar-refractivity contribution in [1.82, 2.24) is 0 Å². The molecule has 98 valence electrons. The van der Waals surface area contributed by atoms with Crippen LogP contribution in [0.1, 0.15) is 34.5 Å². The van der Waals surface area contributed by atoms with Gasteiger partial charge in [0.25, 0.3) is 0 Å². The first-order chi connectivity index (χ1) is 9.13. The average molecular weight is 255 g/mol. The lowest BCUT2D eigenvalue weighted by Gasteiger charge is -2.11. The number of benzene rings is 2. The van der Waals surface area contributed by atoms with Crippen LogP contribution in [0.25, 0.3) is 0 Å². The van der Waals surface area contributed by atoms with Crippen LogP contribution in [0.5, 0.6) is 5.75 Å². The van der Waals surface area contributed by atoms with Crippen LogP contribution in [-0.2, 0) is 0 Å². The highest BCUT2D eigenvalue weighted by Gasteiger charge is 2.15. The molecular formula is C16H17NO2. The molecule has 1 atom stereocenters. The third-order valence-corrected chi connectivity index (χ3v) is 3.05. The summed E-state index contributed by atoms with van der Waals surface area (Å²) in [6.07, 6.45) is 0. The Hall–Kier alpha value is -2.13. The van der Waals surface area contributed by atoms with E-state index in [1.165, 1.54) is 0 Å². The molecule has 3 nitrogen and oxygen atoms in total. The van der Waals surface area contributed by atoms with Gasteiger partial charge in [-0.2, -0.15) is 0 Å². The lowest BCUT2D eigenvalue weighted by molar-refractivity contribution is 0.103. The topological polar surface area (TPSA) is 52.3 Å². The first-order valence-electron chi connectivity index (χ1n) is 6.16. The first kappa shape index (κ1) is 13.3. The number of carbonyl (C=O) groups excluding carboxylic acids is 1. The smallest absolute Gasteiger partial charge is 0.193 e. The number of ketones is 1. The van der Waals surface area contributed by atoms with Gasteiger partial charge in [0.1, 0.15) is 5.75 Å². The Morgan fingerprint density at radius 2 is 1.74 bits per heavy atom. The standard InChI is InChI=1S/C16H17NO2/c1-11(17)14-5-3-4-6-15(14)16(18)12-7-9-13(19-2)10-8-12/h3-11H,17H2,1-2H3/t11-/m1/s1. The third kappa shape index (κ3) is 2.83. The molecule has 0 unspecified atom stereocenters. The van der Waals surface area contributed by atoms with E-state index >= 15 is 0 Å². The molecule has 0 saturated carbocycles. The maximum atomic E-state index is 12.5. The molecule has 0 aliphatic heterocycles. The highest BCUT2D eigenvalue weighted by molar-refractivity contribution is 6.10. The Morgan fingerprint density at radius 1 is 1.11 bits per heavy atom. The molecule has 19 heavy (non-hydrogen) atoms. The number of methoxy groups -OCH3 is 1. The Bertz CT molecular complexity index is 574. The normalized spacial score (nSPS) is 11.9. The van der Waals surface area contributed by atoms with E-state index < -0.39 is 0 Å². The molecule has 0 radical (unpaired) electrons. The second kappa shape index (κ2) is 5.67. The van der Waals surface area contributed by atoms with E-state index in [1.807, 2.05) is 31.2 Å². The van der Waals surface area contributed by atoms with Crippen molar-refractivity contribution in [2.75, 3.05) is 7.11 Å². The maximum Gasteiger partial charge on any atom is 0.193 e. The van der Waals surface area contributed by atoms with Crippen LogP contribution in [0.15, 0.2) is 48.5 Å². The van der Waals surface area contributed by atoms with Gasteiger partial charge in [-0.05, 0) is 36.8 Å². The van der Waals surface area contributed by atoms with Gasteiger partial charge in [-0.15, -0.1) is 0 Å². The van der Waals surface area contributed by atoms with Crippen molar-refractivity contribution in [1.29, 1.82) is 0 Å².